The second-order valence-corrected chi connectivity index (χ2v) is 20.7. The van der Waals surface area contributed by atoms with Crippen molar-refractivity contribution in [2.45, 2.75) is 109 Å². The Hall–Kier alpha value is -2.96. The van der Waals surface area contributed by atoms with Crippen molar-refractivity contribution in [1.82, 2.24) is 15.2 Å². The summed E-state index contributed by atoms with van der Waals surface area (Å²) in [5.41, 5.74) is 1.59. The number of benzene rings is 2. The van der Waals surface area contributed by atoms with Crippen LogP contribution >= 0.6 is 0 Å². The zero-order valence-electron chi connectivity index (χ0n) is 30.0. The molecule has 48 heavy (non-hydrogen) atoms. The van der Waals surface area contributed by atoms with E-state index < -0.39 is 8.32 Å². The normalized spacial score (nSPS) is 24.0. The topological polar surface area (TPSA) is 54.5 Å². The number of nitrogens with zero attached hydrogens (tertiary/aromatic N) is 2. The maximum absolute atomic E-state index is 13.9. The molecule has 3 aromatic rings. The lowest BCUT2D eigenvalue weighted by Crippen LogP contribution is -2.67. The highest BCUT2D eigenvalue weighted by molar-refractivity contribution is 6.99. The largest absolute Gasteiger partial charge is 0.400 e. The quantitative estimate of drug-likeness (QED) is 0.130. The van der Waals surface area contributed by atoms with E-state index in [1.807, 2.05) is 12.4 Å². The third kappa shape index (κ3) is 7.75. The standard InChI is InChI=1S/C42H59N3O2Si/c1-5-6-13-25-45(26-21-42-30-33-27-34(31-42)29-35(28-33)32-42)40(46)44-24-20-39(36-18-22-43-23-19-36)47-48(41(2,3)4,37-14-9-7-10-15-37)38-16-11-8-12-17-38/h7-12,14-19,22-23,33-35,39H,5-6,13,20-21,24-32H2,1-4H3,(H,44,46). The molecule has 5 nitrogen and oxygen atoms in total. The van der Waals surface area contributed by atoms with Gasteiger partial charge in [-0.15, -0.1) is 0 Å². The Balaban J connectivity index is 1.19. The number of hydrogen-bond acceptors (Lipinski definition) is 3. The molecule has 258 valence electrons. The number of unbranched alkanes of at least 4 members (excludes halogenated alkanes) is 2. The van der Waals surface area contributed by atoms with Gasteiger partial charge in [-0.1, -0.05) is 101 Å². The molecule has 0 aliphatic heterocycles. The summed E-state index contributed by atoms with van der Waals surface area (Å²) in [6.07, 6.45) is 17.4. The number of hydrogen-bond donors (Lipinski definition) is 1. The zero-order chi connectivity index (χ0) is 33.6. The van der Waals surface area contributed by atoms with Gasteiger partial charge in [0.05, 0.1) is 6.10 Å². The van der Waals surface area contributed by atoms with E-state index >= 15 is 0 Å². The second-order valence-electron chi connectivity index (χ2n) is 16.4. The van der Waals surface area contributed by atoms with Gasteiger partial charge in [0.15, 0.2) is 0 Å². The van der Waals surface area contributed by atoms with E-state index in [9.17, 15) is 4.79 Å². The molecule has 1 unspecified atom stereocenters. The summed E-state index contributed by atoms with van der Waals surface area (Å²) in [6, 6.07) is 25.9. The lowest BCUT2D eigenvalue weighted by atomic mass is 9.49. The molecule has 0 saturated heterocycles. The summed E-state index contributed by atoms with van der Waals surface area (Å²) < 4.78 is 7.61. The third-order valence-corrected chi connectivity index (χ3v) is 16.9. The average molecular weight is 666 g/mol. The van der Waals surface area contributed by atoms with E-state index in [-0.39, 0.29) is 17.2 Å². The minimum atomic E-state index is -2.81. The lowest BCUT2D eigenvalue weighted by molar-refractivity contribution is -0.0596. The van der Waals surface area contributed by atoms with Crippen LogP contribution in [0, 0.1) is 23.2 Å². The summed E-state index contributed by atoms with van der Waals surface area (Å²) >= 11 is 0. The van der Waals surface area contributed by atoms with Gasteiger partial charge in [0.2, 0.25) is 0 Å². The predicted molar refractivity (Wildman–Crippen MR) is 200 cm³/mol. The molecule has 1 N–H and O–H groups in total. The van der Waals surface area contributed by atoms with Crippen LogP contribution in [-0.2, 0) is 4.43 Å². The van der Waals surface area contributed by atoms with Crippen LogP contribution in [0.5, 0.6) is 0 Å². The van der Waals surface area contributed by atoms with Crippen LogP contribution in [0.15, 0.2) is 85.2 Å². The van der Waals surface area contributed by atoms with Gasteiger partial charge in [-0.05, 0) is 114 Å². The predicted octanol–water partition coefficient (Wildman–Crippen LogP) is 8.90. The van der Waals surface area contributed by atoms with Crippen molar-refractivity contribution in [3.8, 4) is 0 Å². The van der Waals surface area contributed by atoms with Gasteiger partial charge < -0.3 is 14.6 Å². The van der Waals surface area contributed by atoms with E-state index in [1.54, 1.807) is 0 Å². The summed E-state index contributed by atoms with van der Waals surface area (Å²) in [5.74, 6) is 2.83. The molecular weight excluding hydrogens is 607 g/mol. The number of amides is 2. The Bertz CT molecular complexity index is 1370. The van der Waals surface area contributed by atoms with Crippen molar-refractivity contribution < 1.29 is 9.22 Å². The number of urea groups is 1. The number of pyridine rings is 1. The van der Waals surface area contributed by atoms with Crippen LogP contribution in [0.2, 0.25) is 5.04 Å². The van der Waals surface area contributed by atoms with Gasteiger partial charge in [-0.3, -0.25) is 4.98 Å². The van der Waals surface area contributed by atoms with Crippen LogP contribution in [0.1, 0.15) is 110 Å². The third-order valence-electron chi connectivity index (χ3n) is 11.9. The Morgan fingerprint density at radius 1 is 0.875 bits per heavy atom. The molecule has 1 atom stereocenters. The van der Waals surface area contributed by atoms with E-state index in [0.717, 1.165) is 55.7 Å². The second kappa shape index (κ2) is 15.3. The minimum Gasteiger partial charge on any atom is -0.400 e. The first kappa shape index (κ1) is 34.9. The van der Waals surface area contributed by atoms with Crippen LogP contribution in [0.4, 0.5) is 4.79 Å². The molecular formula is C42H59N3O2Si. The van der Waals surface area contributed by atoms with Gasteiger partial charge in [0.1, 0.15) is 0 Å². The first-order valence-corrected chi connectivity index (χ1v) is 20.8. The van der Waals surface area contributed by atoms with Gasteiger partial charge in [-0.25, -0.2) is 4.79 Å². The Morgan fingerprint density at radius 2 is 1.44 bits per heavy atom. The van der Waals surface area contributed by atoms with Crippen molar-refractivity contribution in [2.24, 2.45) is 23.2 Å². The van der Waals surface area contributed by atoms with Gasteiger partial charge in [0.25, 0.3) is 8.32 Å². The number of rotatable bonds is 15. The molecule has 2 aromatic carbocycles. The SMILES string of the molecule is CCCCCN(CCC12CC3CC(CC(C3)C1)C2)C(=O)NCCC(O[Si](c1ccccc1)(c1ccccc1)C(C)(C)C)c1ccncc1. The van der Waals surface area contributed by atoms with Crippen LogP contribution in [-0.4, -0.2) is 43.9 Å². The average Bonchev–Trinajstić information content (AvgIpc) is 3.08. The first-order chi connectivity index (χ1) is 23.2. The van der Waals surface area contributed by atoms with Crippen molar-refractivity contribution in [2.75, 3.05) is 19.6 Å². The van der Waals surface area contributed by atoms with Crippen molar-refractivity contribution in [3.63, 3.8) is 0 Å². The molecule has 4 aliphatic rings. The van der Waals surface area contributed by atoms with Crippen molar-refractivity contribution >= 4 is 24.7 Å². The highest BCUT2D eigenvalue weighted by Gasteiger charge is 2.52. The number of carbonyl (C=O) groups excluding carboxylic acids is 1. The molecule has 0 radical (unpaired) electrons. The fourth-order valence-electron chi connectivity index (χ4n) is 10.0. The lowest BCUT2D eigenvalue weighted by Gasteiger charge is -2.57. The van der Waals surface area contributed by atoms with Gasteiger partial charge in [-0.2, -0.15) is 0 Å². The van der Waals surface area contributed by atoms with Gasteiger partial charge in [0, 0.05) is 32.0 Å². The van der Waals surface area contributed by atoms with Crippen molar-refractivity contribution in [1.29, 1.82) is 0 Å². The minimum absolute atomic E-state index is 0.0924. The Morgan fingerprint density at radius 3 is 1.96 bits per heavy atom. The van der Waals surface area contributed by atoms with E-state index in [0.29, 0.717) is 18.4 Å². The summed E-state index contributed by atoms with van der Waals surface area (Å²) in [5, 5.41) is 5.76. The molecule has 4 fully saturated rings. The molecule has 6 heteroatoms. The maximum atomic E-state index is 13.9. The van der Waals surface area contributed by atoms with Crippen molar-refractivity contribution in [3.05, 3.63) is 90.8 Å². The number of nitrogens with one attached hydrogen (secondary N) is 1. The van der Waals surface area contributed by atoms with E-state index in [1.165, 1.54) is 55.3 Å². The number of carbonyl (C=O) groups is 1. The highest BCUT2D eigenvalue weighted by Crippen LogP contribution is 2.61. The molecule has 1 aromatic heterocycles. The molecule has 1 heterocycles. The van der Waals surface area contributed by atoms with Crippen LogP contribution < -0.4 is 15.7 Å². The first-order valence-electron chi connectivity index (χ1n) is 18.9. The summed E-state index contributed by atoms with van der Waals surface area (Å²) in [6.45, 7) is 11.5. The van der Waals surface area contributed by atoms with Crippen LogP contribution in [0.25, 0.3) is 0 Å². The molecule has 4 saturated carbocycles. The highest BCUT2D eigenvalue weighted by atomic mass is 28.4. The van der Waals surface area contributed by atoms with Gasteiger partial charge >= 0.3 is 6.03 Å². The van der Waals surface area contributed by atoms with Crippen LogP contribution in [0.3, 0.4) is 0 Å². The monoisotopic (exact) mass is 665 g/mol. The molecule has 4 bridgehead atoms. The summed E-state index contributed by atoms with van der Waals surface area (Å²) in [4.78, 5) is 20.4. The smallest absolute Gasteiger partial charge is 0.317 e. The Kier molecular flexibility index (Phi) is 11.1. The Labute approximate surface area is 291 Å². The molecule has 2 amide bonds. The molecule has 4 aliphatic carbocycles. The fraction of sp³-hybridized carbons (Fsp3) is 0.571. The van der Waals surface area contributed by atoms with E-state index in [2.05, 4.69) is 116 Å². The number of aromatic nitrogens is 1. The zero-order valence-corrected chi connectivity index (χ0v) is 31.0. The molecule has 0 spiro atoms. The van der Waals surface area contributed by atoms with E-state index in [4.69, 9.17) is 4.43 Å². The maximum Gasteiger partial charge on any atom is 0.317 e. The molecule has 7 rings (SSSR count). The summed E-state index contributed by atoms with van der Waals surface area (Å²) in [7, 11) is -2.81. The fourth-order valence-corrected chi connectivity index (χ4v) is 14.7.